The Balaban J connectivity index is 2.07. The lowest BCUT2D eigenvalue weighted by Crippen LogP contribution is -2.65. The first-order valence-corrected chi connectivity index (χ1v) is 6.30. The fraction of sp³-hybridized carbons (Fsp3) is 0.357. The molecule has 1 saturated carbocycles. The van der Waals surface area contributed by atoms with Crippen LogP contribution in [0.2, 0.25) is 0 Å². The second kappa shape index (κ2) is 4.06. The standard InChI is InChI=1S/C14H14N2O4/c1-8-10-5-14(6-10,13(19)15-8)16-7-9(12(18)20-2)3-4-11(16)17/h3-4,7,10H,1,5-6H2,2H3,(H,15,19). The molecule has 6 heteroatoms. The van der Waals surface area contributed by atoms with Gasteiger partial charge < -0.3 is 10.1 Å². The number of ether oxygens (including phenoxy) is 1. The number of methoxy groups -OCH3 is 1. The number of hydrogen-bond acceptors (Lipinski definition) is 4. The third kappa shape index (κ3) is 1.54. The number of nitrogens with zero attached hydrogens (tertiary/aromatic N) is 1. The summed E-state index contributed by atoms with van der Waals surface area (Å²) in [5, 5.41) is 2.70. The molecule has 2 aliphatic heterocycles. The number of amides is 1. The Hall–Kier alpha value is -2.37. The van der Waals surface area contributed by atoms with E-state index in [4.69, 9.17) is 0 Å². The first kappa shape index (κ1) is 12.7. The van der Waals surface area contributed by atoms with Crippen LogP contribution in [0.1, 0.15) is 23.2 Å². The number of piperidine rings is 2. The number of nitrogens with one attached hydrogen (secondary N) is 1. The van der Waals surface area contributed by atoms with Crippen molar-refractivity contribution in [3.8, 4) is 0 Å². The molecule has 3 fully saturated rings. The Bertz CT molecular complexity index is 683. The van der Waals surface area contributed by atoms with E-state index >= 15 is 0 Å². The lowest BCUT2D eigenvalue weighted by Gasteiger charge is -2.52. The van der Waals surface area contributed by atoms with Crippen LogP contribution < -0.4 is 10.9 Å². The van der Waals surface area contributed by atoms with Gasteiger partial charge in [0.1, 0.15) is 5.54 Å². The number of allylic oxidation sites excluding steroid dienone is 1. The van der Waals surface area contributed by atoms with Crippen LogP contribution in [0.3, 0.4) is 0 Å². The van der Waals surface area contributed by atoms with Crippen LogP contribution in [0.4, 0.5) is 0 Å². The van der Waals surface area contributed by atoms with E-state index in [1.165, 1.54) is 30.0 Å². The first-order chi connectivity index (χ1) is 9.48. The van der Waals surface area contributed by atoms with Crippen LogP contribution >= 0.6 is 0 Å². The van der Waals surface area contributed by atoms with Crippen molar-refractivity contribution in [3.05, 3.63) is 46.5 Å². The zero-order chi connectivity index (χ0) is 14.5. The van der Waals surface area contributed by atoms with Crippen molar-refractivity contribution < 1.29 is 14.3 Å². The quantitative estimate of drug-likeness (QED) is 0.791. The predicted molar refractivity (Wildman–Crippen MR) is 70.0 cm³/mol. The molecular formula is C14H14N2O4. The number of carbonyl (C=O) groups is 2. The predicted octanol–water partition coefficient (Wildman–Crippen LogP) is 0.384. The second-order valence-electron chi connectivity index (χ2n) is 5.23. The molecular weight excluding hydrogens is 260 g/mol. The molecule has 2 bridgehead atoms. The minimum absolute atomic E-state index is 0.196. The minimum Gasteiger partial charge on any atom is -0.465 e. The molecule has 0 aromatic carbocycles. The van der Waals surface area contributed by atoms with Crippen molar-refractivity contribution in [2.75, 3.05) is 7.11 Å². The summed E-state index contributed by atoms with van der Waals surface area (Å²) in [6, 6.07) is 2.68. The van der Waals surface area contributed by atoms with Gasteiger partial charge in [0.25, 0.3) is 11.5 Å². The number of carbonyl (C=O) groups excluding carboxylic acids is 2. The summed E-state index contributed by atoms with van der Waals surface area (Å²) < 4.78 is 5.98. The van der Waals surface area contributed by atoms with E-state index in [2.05, 4.69) is 16.6 Å². The number of aromatic nitrogens is 1. The summed E-state index contributed by atoms with van der Waals surface area (Å²) in [6.07, 6.45) is 2.49. The highest BCUT2D eigenvalue weighted by atomic mass is 16.5. The van der Waals surface area contributed by atoms with E-state index in [-0.39, 0.29) is 22.9 Å². The van der Waals surface area contributed by atoms with E-state index in [0.717, 1.165) is 0 Å². The number of rotatable bonds is 2. The molecule has 3 heterocycles. The van der Waals surface area contributed by atoms with Gasteiger partial charge in [0.2, 0.25) is 0 Å². The van der Waals surface area contributed by atoms with Crippen molar-refractivity contribution in [1.82, 2.24) is 9.88 Å². The van der Waals surface area contributed by atoms with Gasteiger partial charge in [-0.2, -0.15) is 0 Å². The Kier molecular flexibility index (Phi) is 2.57. The number of esters is 1. The fourth-order valence-corrected chi connectivity index (χ4v) is 2.92. The molecule has 3 aliphatic rings. The number of fused-ring (bicyclic) bond motifs is 2. The van der Waals surface area contributed by atoms with E-state index in [0.29, 0.717) is 18.5 Å². The molecule has 1 aromatic heterocycles. The maximum Gasteiger partial charge on any atom is 0.339 e. The van der Waals surface area contributed by atoms with Crippen LogP contribution in [-0.4, -0.2) is 23.6 Å². The Morgan fingerprint density at radius 1 is 1.45 bits per heavy atom. The molecule has 0 unspecified atom stereocenters. The Morgan fingerprint density at radius 2 is 2.15 bits per heavy atom. The highest BCUT2D eigenvalue weighted by Gasteiger charge is 2.57. The lowest BCUT2D eigenvalue weighted by molar-refractivity contribution is -0.140. The SMILES string of the molecule is C=C1NC(=O)C2(n3cc(C(=O)OC)ccc3=O)CC1C2. The zero-order valence-corrected chi connectivity index (χ0v) is 11.0. The van der Waals surface area contributed by atoms with E-state index < -0.39 is 11.5 Å². The van der Waals surface area contributed by atoms with Crippen LogP contribution in [0.15, 0.2) is 35.4 Å². The van der Waals surface area contributed by atoms with Crippen molar-refractivity contribution in [2.24, 2.45) is 5.92 Å². The molecule has 20 heavy (non-hydrogen) atoms. The second-order valence-corrected chi connectivity index (χ2v) is 5.23. The molecule has 1 aromatic rings. The van der Waals surface area contributed by atoms with Gasteiger partial charge >= 0.3 is 5.97 Å². The van der Waals surface area contributed by atoms with Crippen molar-refractivity contribution in [3.63, 3.8) is 0 Å². The summed E-state index contributed by atoms with van der Waals surface area (Å²) in [5.74, 6) is -0.581. The maximum atomic E-state index is 12.2. The third-order valence-electron chi connectivity index (χ3n) is 4.15. The van der Waals surface area contributed by atoms with Gasteiger partial charge in [0.05, 0.1) is 12.7 Å². The van der Waals surface area contributed by atoms with Gasteiger partial charge in [-0.15, -0.1) is 0 Å². The van der Waals surface area contributed by atoms with Crippen LogP contribution in [-0.2, 0) is 15.1 Å². The van der Waals surface area contributed by atoms with E-state index in [9.17, 15) is 14.4 Å². The van der Waals surface area contributed by atoms with Crippen molar-refractivity contribution in [2.45, 2.75) is 18.4 Å². The van der Waals surface area contributed by atoms with E-state index in [1.807, 2.05) is 0 Å². The third-order valence-corrected chi connectivity index (χ3v) is 4.15. The number of pyridine rings is 1. The molecule has 1 aliphatic carbocycles. The van der Waals surface area contributed by atoms with E-state index in [1.54, 1.807) is 0 Å². The topological polar surface area (TPSA) is 77.4 Å². The lowest BCUT2D eigenvalue weighted by atomic mass is 9.63. The smallest absolute Gasteiger partial charge is 0.339 e. The largest absolute Gasteiger partial charge is 0.465 e. The highest BCUT2D eigenvalue weighted by Crippen LogP contribution is 2.49. The molecule has 0 spiro atoms. The van der Waals surface area contributed by atoms with Gasteiger partial charge in [0, 0.05) is 23.9 Å². The molecule has 1 amide bonds. The van der Waals surface area contributed by atoms with Gasteiger partial charge in [-0.3, -0.25) is 14.2 Å². The van der Waals surface area contributed by atoms with Gasteiger partial charge in [0.15, 0.2) is 0 Å². The fourth-order valence-electron chi connectivity index (χ4n) is 2.92. The number of hydrogen-bond donors (Lipinski definition) is 1. The monoisotopic (exact) mass is 274 g/mol. The van der Waals surface area contributed by atoms with Gasteiger partial charge in [-0.25, -0.2) is 4.79 Å². The van der Waals surface area contributed by atoms with Crippen LogP contribution in [0, 0.1) is 5.92 Å². The maximum absolute atomic E-state index is 12.2. The Morgan fingerprint density at radius 3 is 2.75 bits per heavy atom. The average Bonchev–Trinajstić information content (AvgIpc) is 2.37. The Labute approximate surface area is 115 Å². The molecule has 6 nitrogen and oxygen atoms in total. The summed E-state index contributed by atoms with van der Waals surface area (Å²) in [5.41, 5.74) is -0.248. The average molecular weight is 274 g/mol. The van der Waals surface area contributed by atoms with Gasteiger partial charge in [-0.05, 0) is 18.9 Å². The molecule has 1 N–H and O–H groups in total. The van der Waals surface area contributed by atoms with Gasteiger partial charge in [-0.1, -0.05) is 6.58 Å². The highest BCUT2D eigenvalue weighted by molar-refractivity contribution is 5.91. The summed E-state index contributed by atoms with van der Waals surface area (Å²) in [7, 11) is 1.27. The summed E-state index contributed by atoms with van der Waals surface area (Å²) in [6.45, 7) is 3.80. The molecule has 0 radical (unpaired) electrons. The molecule has 4 rings (SSSR count). The first-order valence-electron chi connectivity index (χ1n) is 6.30. The molecule has 2 saturated heterocycles. The minimum atomic E-state index is -0.896. The molecule has 104 valence electrons. The zero-order valence-electron chi connectivity index (χ0n) is 11.0. The van der Waals surface area contributed by atoms with Crippen LogP contribution in [0.5, 0.6) is 0 Å². The van der Waals surface area contributed by atoms with Crippen molar-refractivity contribution >= 4 is 11.9 Å². The molecule has 0 atom stereocenters. The summed E-state index contributed by atoms with van der Waals surface area (Å²) >= 11 is 0. The normalized spacial score (nSPS) is 27.6. The van der Waals surface area contributed by atoms with Crippen molar-refractivity contribution in [1.29, 1.82) is 0 Å². The summed E-state index contributed by atoms with van der Waals surface area (Å²) in [4.78, 5) is 35.8. The van der Waals surface area contributed by atoms with Crippen LogP contribution in [0.25, 0.3) is 0 Å².